The highest BCUT2D eigenvalue weighted by molar-refractivity contribution is 5.66. The Kier molecular flexibility index (Phi) is 3.69. The van der Waals surface area contributed by atoms with Crippen LogP contribution < -0.4 is 0 Å². The predicted octanol–water partition coefficient (Wildman–Crippen LogP) is 2.66. The molecule has 7 heteroatoms. The second-order valence-electron chi connectivity index (χ2n) is 5.24. The van der Waals surface area contributed by atoms with Gasteiger partial charge in [-0.3, -0.25) is 9.97 Å². The van der Waals surface area contributed by atoms with Crippen LogP contribution in [0.1, 0.15) is 5.56 Å². The zero-order valence-electron chi connectivity index (χ0n) is 13.0. The lowest BCUT2D eigenvalue weighted by Crippen LogP contribution is -2.00. The molecular weight excluding hydrogens is 314 g/mol. The molecule has 0 unspecified atom stereocenters. The Balaban J connectivity index is 1.71. The highest BCUT2D eigenvalue weighted by atomic mass is 15.6. The Labute approximate surface area is 143 Å². The fraction of sp³-hybridized carbons (Fsp3) is 0. The monoisotopic (exact) mass is 325 g/mol. The fourth-order valence-electron chi connectivity index (χ4n) is 2.38. The van der Waals surface area contributed by atoms with Crippen molar-refractivity contribution in [2.24, 2.45) is 0 Å². The lowest BCUT2D eigenvalue weighted by Gasteiger charge is -2.04. The van der Waals surface area contributed by atoms with Crippen LogP contribution in [-0.2, 0) is 0 Å². The maximum atomic E-state index is 9.05. The van der Waals surface area contributed by atoms with Crippen molar-refractivity contribution < 1.29 is 0 Å². The Hall–Kier alpha value is -3.92. The first-order valence-electron chi connectivity index (χ1n) is 7.51. The van der Waals surface area contributed by atoms with Crippen molar-refractivity contribution in [3.8, 4) is 34.4 Å². The van der Waals surface area contributed by atoms with Crippen molar-refractivity contribution in [3.05, 3.63) is 72.7 Å². The van der Waals surface area contributed by atoms with E-state index < -0.39 is 0 Å². The van der Waals surface area contributed by atoms with E-state index in [1.54, 1.807) is 24.7 Å². The maximum absolute atomic E-state index is 9.05. The minimum Gasteiger partial charge on any atom is -0.262 e. The summed E-state index contributed by atoms with van der Waals surface area (Å²) in [7, 11) is 0. The van der Waals surface area contributed by atoms with Crippen LogP contribution in [-0.4, -0.2) is 30.2 Å². The minimum atomic E-state index is 0.442. The third-order valence-corrected chi connectivity index (χ3v) is 3.59. The van der Waals surface area contributed by atoms with Gasteiger partial charge in [0.15, 0.2) is 0 Å². The molecule has 0 saturated heterocycles. The molecule has 0 amide bonds. The standard InChI is InChI=1S/C18H11N7/c19-10-13-4-3-5-14(8-13)15-9-16(12-20-11-15)25-23-18(22-24-25)17-6-1-2-7-21-17/h1-9,11-12H. The number of nitriles is 1. The van der Waals surface area contributed by atoms with Gasteiger partial charge in [0, 0.05) is 18.0 Å². The number of benzene rings is 1. The Bertz CT molecular complexity index is 1060. The average Bonchev–Trinajstić information content (AvgIpc) is 3.19. The van der Waals surface area contributed by atoms with E-state index in [0.29, 0.717) is 22.8 Å². The van der Waals surface area contributed by atoms with Gasteiger partial charge >= 0.3 is 0 Å². The summed E-state index contributed by atoms with van der Waals surface area (Å²) in [5, 5.41) is 21.5. The highest BCUT2D eigenvalue weighted by Gasteiger charge is 2.09. The number of rotatable bonds is 3. The first kappa shape index (κ1) is 14.7. The van der Waals surface area contributed by atoms with Gasteiger partial charge in [-0.25, -0.2) is 0 Å². The van der Waals surface area contributed by atoms with Gasteiger partial charge in [0.05, 0.1) is 17.8 Å². The van der Waals surface area contributed by atoms with Crippen molar-refractivity contribution >= 4 is 0 Å². The average molecular weight is 325 g/mol. The van der Waals surface area contributed by atoms with E-state index in [-0.39, 0.29) is 0 Å². The molecule has 7 nitrogen and oxygen atoms in total. The summed E-state index contributed by atoms with van der Waals surface area (Å²) in [5.41, 5.74) is 3.69. The van der Waals surface area contributed by atoms with Crippen molar-refractivity contribution in [1.29, 1.82) is 5.26 Å². The highest BCUT2D eigenvalue weighted by Crippen LogP contribution is 2.21. The van der Waals surface area contributed by atoms with Crippen LogP contribution in [0.25, 0.3) is 28.3 Å². The number of aromatic nitrogens is 6. The van der Waals surface area contributed by atoms with Crippen molar-refractivity contribution in [2.75, 3.05) is 0 Å². The van der Waals surface area contributed by atoms with Gasteiger partial charge in [0.2, 0.25) is 5.82 Å². The molecule has 118 valence electrons. The van der Waals surface area contributed by atoms with E-state index in [2.05, 4.69) is 31.4 Å². The molecule has 0 atom stereocenters. The summed E-state index contributed by atoms with van der Waals surface area (Å²) >= 11 is 0. The van der Waals surface area contributed by atoms with Gasteiger partial charge < -0.3 is 0 Å². The molecule has 0 aliphatic rings. The molecule has 4 rings (SSSR count). The van der Waals surface area contributed by atoms with E-state index in [9.17, 15) is 0 Å². The van der Waals surface area contributed by atoms with Crippen molar-refractivity contribution in [2.45, 2.75) is 0 Å². The quantitative estimate of drug-likeness (QED) is 0.575. The third kappa shape index (κ3) is 2.96. The van der Waals surface area contributed by atoms with Gasteiger partial charge in [0.25, 0.3) is 0 Å². The Morgan fingerprint density at radius 2 is 1.92 bits per heavy atom. The number of tetrazole rings is 1. The molecule has 0 bridgehead atoms. The number of hydrogen-bond donors (Lipinski definition) is 0. The summed E-state index contributed by atoms with van der Waals surface area (Å²) in [6, 6.07) is 16.9. The SMILES string of the molecule is N#Cc1cccc(-c2cncc(-n3nnc(-c4ccccn4)n3)c2)c1. The first-order chi connectivity index (χ1) is 12.3. The van der Waals surface area contributed by atoms with Gasteiger partial charge in [-0.1, -0.05) is 18.2 Å². The Morgan fingerprint density at radius 3 is 2.76 bits per heavy atom. The first-order valence-corrected chi connectivity index (χ1v) is 7.51. The van der Waals surface area contributed by atoms with Crippen molar-refractivity contribution in [1.82, 2.24) is 30.2 Å². The number of hydrogen-bond acceptors (Lipinski definition) is 6. The van der Waals surface area contributed by atoms with Crippen molar-refractivity contribution in [3.63, 3.8) is 0 Å². The van der Waals surface area contributed by atoms with E-state index >= 15 is 0 Å². The third-order valence-electron chi connectivity index (χ3n) is 3.59. The molecule has 1 aromatic carbocycles. The molecule has 25 heavy (non-hydrogen) atoms. The number of nitrogens with zero attached hydrogens (tertiary/aromatic N) is 7. The van der Waals surface area contributed by atoms with Crippen LogP contribution >= 0.6 is 0 Å². The van der Waals surface area contributed by atoms with E-state index in [4.69, 9.17) is 5.26 Å². The van der Waals surface area contributed by atoms with Gasteiger partial charge in [-0.2, -0.15) is 5.26 Å². The molecule has 0 N–H and O–H groups in total. The van der Waals surface area contributed by atoms with E-state index in [0.717, 1.165) is 11.1 Å². The van der Waals surface area contributed by atoms with E-state index in [1.807, 2.05) is 42.5 Å². The summed E-state index contributed by atoms with van der Waals surface area (Å²) in [5.74, 6) is 0.442. The molecular formula is C18H11N7. The molecule has 0 fully saturated rings. The molecule has 3 heterocycles. The largest absolute Gasteiger partial charge is 0.262 e. The van der Waals surface area contributed by atoms with E-state index in [1.165, 1.54) is 4.80 Å². The van der Waals surface area contributed by atoms with Crippen LogP contribution in [0.4, 0.5) is 0 Å². The molecule has 0 saturated carbocycles. The van der Waals surface area contributed by atoms with Gasteiger partial charge in [-0.15, -0.1) is 15.0 Å². The molecule has 0 aliphatic carbocycles. The van der Waals surface area contributed by atoms with Crippen LogP contribution in [0.5, 0.6) is 0 Å². The second kappa shape index (κ2) is 6.29. The van der Waals surface area contributed by atoms with Crippen LogP contribution in [0, 0.1) is 11.3 Å². The fourth-order valence-corrected chi connectivity index (χ4v) is 2.38. The smallest absolute Gasteiger partial charge is 0.223 e. The minimum absolute atomic E-state index is 0.442. The maximum Gasteiger partial charge on any atom is 0.223 e. The summed E-state index contributed by atoms with van der Waals surface area (Å²) in [4.78, 5) is 9.87. The van der Waals surface area contributed by atoms with Crippen LogP contribution in [0.2, 0.25) is 0 Å². The lowest BCUT2D eigenvalue weighted by atomic mass is 10.1. The zero-order valence-corrected chi connectivity index (χ0v) is 13.0. The summed E-state index contributed by atoms with van der Waals surface area (Å²) in [6.45, 7) is 0. The molecule has 4 aromatic rings. The van der Waals surface area contributed by atoms with Crippen LogP contribution in [0.15, 0.2) is 67.1 Å². The van der Waals surface area contributed by atoms with Gasteiger partial charge in [-0.05, 0) is 41.1 Å². The summed E-state index contributed by atoms with van der Waals surface area (Å²) in [6.07, 6.45) is 5.07. The topological polar surface area (TPSA) is 93.2 Å². The van der Waals surface area contributed by atoms with Crippen LogP contribution in [0.3, 0.4) is 0 Å². The zero-order chi connectivity index (χ0) is 17.1. The summed E-state index contributed by atoms with van der Waals surface area (Å²) < 4.78 is 0. The molecule has 0 spiro atoms. The molecule has 3 aromatic heterocycles. The normalized spacial score (nSPS) is 10.4. The molecule has 0 radical (unpaired) electrons. The predicted molar refractivity (Wildman–Crippen MR) is 90.3 cm³/mol. The molecule has 0 aliphatic heterocycles. The van der Waals surface area contributed by atoms with Gasteiger partial charge in [0.1, 0.15) is 11.4 Å². The second-order valence-corrected chi connectivity index (χ2v) is 5.24. The Morgan fingerprint density at radius 1 is 0.960 bits per heavy atom. The number of pyridine rings is 2. The lowest BCUT2D eigenvalue weighted by molar-refractivity contribution is 0.717.